The summed E-state index contributed by atoms with van der Waals surface area (Å²) in [4.78, 5) is 23.9. The number of nitrogens with one attached hydrogen (secondary N) is 1. The van der Waals surface area contributed by atoms with Crippen LogP contribution in [-0.2, 0) is 14.0 Å². The topological polar surface area (TPSA) is 73.9 Å². The first-order valence-electron chi connectivity index (χ1n) is 10.3. The van der Waals surface area contributed by atoms with Crippen molar-refractivity contribution in [2.24, 2.45) is 0 Å². The molecule has 0 bridgehead atoms. The van der Waals surface area contributed by atoms with Crippen LogP contribution in [0.5, 0.6) is 0 Å². The molecule has 1 amide bonds. The third-order valence-corrected chi connectivity index (χ3v) is 5.37. The third-order valence-electron chi connectivity index (χ3n) is 5.37. The minimum Gasteiger partial charge on any atom is -0.444 e. The second-order valence-corrected chi connectivity index (χ2v) is 9.79. The van der Waals surface area contributed by atoms with Crippen LogP contribution in [-0.4, -0.2) is 42.3 Å². The molecule has 7 heteroatoms. The van der Waals surface area contributed by atoms with Gasteiger partial charge in [0.1, 0.15) is 5.60 Å². The van der Waals surface area contributed by atoms with Crippen molar-refractivity contribution in [1.82, 2.24) is 5.32 Å². The van der Waals surface area contributed by atoms with Crippen LogP contribution in [0.2, 0.25) is 0 Å². The molecule has 1 aromatic rings. The van der Waals surface area contributed by atoms with Gasteiger partial charge in [0.15, 0.2) is 5.78 Å². The molecule has 1 fully saturated rings. The summed E-state index contributed by atoms with van der Waals surface area (Å²) in [7, 11) is -0.613. The largest absolute Gasteiger partial charge is 0.492 e. The first kappa shape index (κ1) is 24.2. The van der Waals surface area contributed by atoms with Crippen LogP contribution < -0.4 is 5.32 Å². The van der Waals surface area contributed by atoms with Crippen molar-refractivity contribution in [3.05, 3.63) is 40.4 Å². The van der Waals surface area contributed by atoms with E-state index in [1.165, 1.54) is 0 Å². The average Bonchev–Trinajstić information content (AvgIpc) is 2.77. The number of aryl methyl sites for hydroxylation is 1. The third kappa shape index (κ3) is 5.95. The molecule has 1 heterocycles. The second kappa shape index (κ2) is 8.56. The lowest BCUT2D eigenvalue weighted by Gasteiger charge is -2.32. The average molecular weight is 415 g/mol. The molecular weight excluding hydrogens is 381 g/mol. The number of hydrogen-bond acceptors (Lipinski definition) is 5. The highest BCUT2D eigenvalue weighted by molar-refractivity contribution is 6.56. The van der Waals surface area contributed by atoms with Gasteiger partial charge in [-0.05, 0) is 78.9 Å². The molecule has 1 N–H and O–H groups in total. The predicted molar refractivity (Wildman–Crippen MR) is 119 cm³/mol. The molecule has 6 nitrogen and oxygen atoms in total. The van der Waals surface area contributed by atoms with Gasteiger partial charge in [-0.15, -0.1) is 0 Å². The Bertz CT molecular complexity index is 836. The highest BCUT2D eigenvalue weighted by Crippen LogP contribution is 2.38. The van der Waals surface area contributed by atoms with E-state index >= 15 is 0 Å². The summed E-state index contributed by atoms with van der Waals surface area (Å²) < 4.78 is 17.7. The van der Waals surface area contributed by atoms with Gasteiger partial charge in [-0.2, -0.15) is 0 Å². The molecule has 0 spiro atoms. The van der Waals surface area contributed by atoms with E-state index in [4.69, 9.17) is 14.0 Å². The number of hydrogen-bond donors (Lipinski definition) is 1. The van der Waals surface area contributed by atoms with Gasteiger partial charge < -0.3 is 19.4 Å². The molecule has 0 radical (unpaired) electrons. The standard InChI is InChI=1S/C23H34BNO5/c1-15-12-17(10-11-19(15)16(2)26)13-18(14-25-20(27)28-21(3,4)5)24-29-22(6,7)23(8,9)30-24/h10-13H,14H2,1-9H3,(H,25,27). The molecule has 1 aromatic carbocycles. The fourth-order valence-electron chi connectivity index (χ4n) is 3.07. The quantitative estimate of drug-likeness (QED) is 0.556. The van der Waals surface area contributed by atoms with Gasteiger partial charge in [0, 0.05) is 12.1 Å². The van der Waals surface area contributed by atoms with Crippen molar-refractivity contribution in [3.8, 4) is 0 Å². The second-order valence-electron chi connectivity index (χ2n) is 9.79. The number of carbonyl (C=O) groups is 2. The van der Waals surface area contributed by atoms with Crippen LogP contribution in [0.25, 0.3) is 6.08 Å². The van der Waals surface area contributed by atoms with E-state index in [-0.39, 0.29) is 12.3 Å². The minimum absolute atomic E-state index is 0.0285. The number of carbonyl (C=O) groups excluding carboxylic acids is 2. The fourth-order valence-corrected chi connectivity index (χ4v) is 3.07. The van der Waals surface area contributed by atoms with Gasteiger partial charge >= 0.3 is 13.2 Å². The molecule has 0 atom stereocenters. The van der Waals surface area contributed by atoms with Crippen LogP contribution in [0.4, 0.5) is 4.79 Å². The minimum atomic E-state index is -0.613. The molecule has 0 aliphatic carbocycles. The van der Waals surface area contributed by atoms with Gasteiger partial charge in [-0.1, -0.05) is 24.3 Å². The molecular formula is C23H34BNO5. The summed E-state index contributed by atoms with van der Waals surface area (Å²) >= 11 is 0. The molecule has 0 saturated carbocycles. The zero-order valence-electron chi connectivity index (χ0n) is 19.6. The molecule has 1 aliphatic heterocycles. The van der Waals surface area contributed by atoms with Crippen LogP contribution >= 0.6 is 0 Å². The van der Waals surface area contributed by atoms with E-state index in [2.05, 4.69) is 5.32 Å². The Balaban J connectivity index is 2.32. The summed E-state index contributed by atoms with van der Waals surface area (Å²) in [5.74, 6) is 0.0285. The van der Waals surface area contributed by atoms with Crippen LogP contribution in [0, 0.1) is 6.92 Å². The van der Waals surface area contributed by atoms with Crippen molar-refractivity contribution in [2.45, 2.75) is 79.1 Å². The van der Waals surface area contributed by atoms with Crippen molar-refractivity contribution < 1.29 is 23.6 Å². The summed E-state index contributed by atoms with van der Waals surface area (Å²) in [5.41, 5.74) is 1.65. The van der Waals surface area contributed by atoms with Crippen molar-refractivity contribution >= 4 is 25.1 Å². The Morgan fingerprint density at radius 1 is 1.13 bits per heavy atom. The summed E-state index contributed by atoms with van der Waals surface area (Å²) in [6.45, 7) is 17.1. The summed E-state index contributed by atoms with van der Waals surface area (Å²) in [6.07, 6.45) is 1.42. The van der Waals surface area contributed by atoms with Crippen molar-refractivity contribution in [2.75, 3.05) is 6.54 Å². The van der Waals surface area contributed by atoms with Gasteiger partial charge in [-0.3, -0.25) is 4.79 Å². The number of amides is 1. The monoisotopic (exact) mass is 415 g/mol. The SMILES string of the molecule is CC(=O)c1ccc(C=C(CNC(=O)OC(C)(C)C)B2OC(C)(C)C(C)(C)O2)cc1C. The van der Waals surface area contributed by atoms with Crippen molar-refractivity contribution in [1.29, 1.82) is 0 Å². The first-order valence-corrected chi connectivity index (χ1v) is 10.3. The van der Waals surface area contributed by atoms with E-state index in [9.17, 15) is 9.59 Å². The smallest absolute Gasteiger partial charge is 0.444 e. The van der Waals surface area contributed by atoms with E-state index in [1.807, 2.05) is 79.7 Å². The van der Waals surface area contributed by atoms with E-state index in [1.54, 1.807) is 6.92 Å². The van der Waals surface area contributed by atoms with Gasteiger partial charge in [0.05, 0.1) is 11.2 Å². The molecule has 0 unspecified atom stereocenters. The zero-order chi connectivity index (χ0) is 22.9. The van der Waals surface area contributed by atoms with Crippen molar-refractivity contribution in [3.63, 3.8) is 0 Å². The maximum Gasteiger partial charge on any atom is 0.492 e. The Kier molecular flexibility index (Phi) is 6.89. The fraction of sp³-hybridized carbons (Fsp3) is 0.565. The maximum atomic E-state index is 12.2. The summed E-state index contributed by atoms with van der Waals surface area (Å²) in [5, 5.41) is 2.79. The predicted octanol–water partition coefficient (Wildman–Crippen LogP) is 4.74. The lowest BCUT2D eigenvalue weighted by molar-refractivity contribution is 0.00578. The van der Waals surface area contributed by atoms with Gasteiger partial charge in [0.25, 0.3) is 0 Å². The number of ketones is 1. The lowest BCUT2D eigenvalue weighted by atomic mass is 9.77. The van der Waals surface area contributed by atoms with Gasteiger partial charge in [0.2, 0.25) is 0 Å². The number of rotatable bonds is 5. The van der Waals surface area contributed by atoms with Crippen LogP contribution in [0.3, 0.4) is 0 Å². The molecule has 0 aromatic heterocycles. The Labute approximate surface area is 180 Å². The maximum absolute atomic E-state index is 12.2. The Morgan fingerprint density at radius 3 is 2.17 bits per heavy atom. The Morgan fingerprint density at radius 2 is 1.70 bits per heavy atom. The highest BCUT2D eigenvalue weighted by atomic mass is 16.7. The highest BCUT2D eigenvalue weighted by Gasteiger charge is 2.52. The lowest BCUT2D eigenvalue weighted by Crippen LogP contribution is -2.41. The van der Waals surface area contributed by atoms with Gasteiger partial charge in [-0.25, -0.2) is 4.79 Å². The van der Waals surface area contributed by atoms with E-state index in [0.29, 0.717) is 5.56 Å². The summed E-state index contributed by atoms with van der Waals surface area (Å²) in [6, 6.07) is 5.63. The molecule has 1 aliphatic rings. The molecule has 164 valence electrons. The number of ether oxygens (including phenoxy) is 1. The normalized spacial score (nSPS) is 18.3. The molecule has 1 saturated heterocycles. The van der Waals surface area contributed by atoms with Crippen LogP contribution in [0.15, 0.2) is 23.7 Å². The van der Waals surface area contributed by atoms with E-state index < -0.39 is 30.0 Å². The number of alkyl carbamates (subject to hydrolysis) is 1. The number of Topliss-reactive ketones (excluding diaryl/α,β-unsaturated/α-hetero) is 1. The molecule has 30 heavy (non-hydrogen) atoms. The molecule has 2 rings (SSSR count). The van der Waals surface area contributed by atoms with Crippen LogP contribution in [0.1, 0.15) is 76.9 Å². The van der Waals surface area contributed by atoms with E-state index in [0.717, 1.165) is 16.6 Å². The number of benzene rings is 1. The zero-order valence-corrected chi connectivity index (χ0v) is 19.6. The Hall–Kier alpha value is -2.12. The first-order chi connectivity index (χ1) is 13.6.